The molecular formula is C20H28N6O3S. The highest BCUT2D eigenvalue weighted by atomic mass is 32.2. The fourth-order valence-corrected chi connectivity index (χ4v) is 5.67. The molecule has 30 heavy (non-hydrogen) atoms. The molecule has 0 radical (unpaired) electrons. The highest BCUT2D eigenvalue weighted by Gasteiger charge is 2.38. The quantitative estimate of drug-likeness (QED) is 0.720. The maximum Gasteiger partial charge on any atom is 0.262 e. The molecule has 162 valence electrons. The Balaban J connectivity index is 1.48. The lowest BCUT2D eigenvalue weighted by Gasteiger charge is -2.43. The molecule has 2 saturated heterocycles. The summed E-state index contributed by atoms with van der Waals surface area (Å²) < 4.78 is 29.4. The Morgan fingerprint density at radius 2 is 1.83 bits per heavy atom. The van der Waals surface area contributed by atoms with Gasteiger partial charge in [-0.25, -0.2) is 18.8 Å². The van der Waals surface area contributed by atoms with Gasteiger partial charge in [0.05, 0.1) is 6.04 Å². The number of hydrogen-bond donors (Lipinski definition) is 2. The van der Waals surface area contributed by atoms with Crippen LogP contribution in [0.25, 0.3) is 0 Å². The molecular weight excluding hydrogens is 404 g/mol. The number of aromatic nitrogens is 2. The third kappa shape index (κ3) is 4.00. The normalized spacial score (nSPS) is 24.0. The average Bonchev–Trinajstić information content (AvgIpc) is 3.16. The molecule has 0 saturated carbocycles. The van der Waals surface area contributed by atoms with Crippen LogP contribution < -0.4 is 10.9 Å². The highest BCUT2D eigenvalue weighted by molar-refractivity contribution is 7.89. The first-order valence-corrected chi connectivity index (χ1v) is 11.7. The van der Waals surface area contributed by atoms with E-state index in [1.54, 1.807) is 6.20 Å². The van der Waals surface area contributed by atoms with E-state index in [9.17, 15) is 13.2 Å². The molecule has 10 heteroatoms. The van der Waals surface area contributed by atoms with Gasteiger partial charge < -0.3 is 4.57 Å². The first-order chi connectivity index (χ1) is 14.4. The van der Waals surface area contributed by atoms with Gasteiger partial charge in [-0.15, -0.1) is 0 Å². The molecule has 2 aromatic rings. The van der Waals surface area contributed by atoms with Crippen LogP contribution in [0.4, 0.5) is 0 Å². The summed E-state index contributed by atoms with van der Waals surface area (Å²) in [4.78, 5) is 18.5. The van der Waals surface area contributed by atoms with Gasteiger partial charge in [0.15, 0.2) is 5.03 Å². The first kappa shape index (κ1) is 21.0. The van der Waals surface area contributed by atoms with E-state index in [-0.39, 0.29) is 23.0 Å². The van der Waals surface area contributed by atoms with Crippen LogP contribution in [0.2, 0.25) is 0 Å². The Labute approximate surface area is 177 Å². The van der Waals surface area contributed by atoms with E-state index in [1.165, 1.54) is 4.31 Å². The Kier molecular flexibility index (Phi) is 5.92. The van der Waals surface area contributed by atoms with Crippen molar-refractivity contribution in [2.75, 3.05) is 26.2 Å². The molecule has 1 amide bonds. The number of benzene rings is 1. The van der Waals surface area contributed by atoms with E-state index in [0.717, 1.165) is 5.56 Å². The second kappa shape index (κ2) is 8.46. The smallest absolute Gasteiger partial charge is 0.262 e. The Morgan fingerprint density at radius 1 is 1.13 bits per heavy atom. The molecule has 1 aromatic heterocycles. The van der Waals surface area contributed by atoms with Gasteiger partial charge in [-0.2, -0.15) is 4.31 Å². The van der Waals surface area contributed by atoms with Crippen LogP contribution in [-0.4, -0.2) is 65.3 Å². The molecule has 2 N–H and O–H groups in total. The number of amides is 1. The van der Waals surface area contributed by atoms with Gasteiger partial charge >= 0.3 is 0 Å². The second-order valence-electron chi connectivity index (χ2n) is 7.70. The molecule has 2 aliphatic rings. The number of imidazole rings is 1. The molecule has 4 rings (SSSR count). The van der Waals surface area contributed by atoms with Crippen molar-refractivity contribution in [2.24, 2.45) is 0 Å². The van der Waals surface area contributed by atoms with Crippen LogP contribution in [0, 0.1) is 6.92 Å². The topological polar surface area (TPSA) is 99.6 Å². The molecule has 2 aliphatic heterocycles. The molecule has 2 unspecified atom stereocenters. The third-order valence-electron chi connectivity index (χ3n) is 5.95. The predicted molar refractivity (Wildman–Crippen MR) is 112 cm³/mol. The van der Waals surface area contributed by atoms with Crippen LogP contribution in [-0.2, 0) is 21.4 Å². The largest absolute Gasteiger partial charge is 0.334 e. The number of sulfonamides is 1. The lowest BCUT2D eigenvalue weighted by atomic mass is 9.94. The molecule has 2 fully saturated rings. The Morgan fingerprint density at radius 3 is 2.47 bits per heavy atom. The fraction of sp³-hybridized carbons (Fsp3) is 0.500. The van der Waals surface area contributed by atoms with Crippen molar-refractivity contribution < 1.29 is 13.2 Å². The van der Waals surface area contributed by atoms with Crippen molar-refractivity contribution in [3.63, 3.8) is 0 Å². The van der Waals surface area contributed by atoms with Crippen LogP contribution >= 0.6 is 0 Å². The summed E-state index contributed by atoms with van der Waals surface area (Å²) in [5.74, 6) is 0.641. The minimum atomic E-state index is -3.62. The number of aryl methyl sites for hydroxylation is 2. The lowest BCUT2D eigenvalue weighted by molar-refractivity contribution is -0.127. The van der Waals surface area contributed by atoms with E-state index in [2.05, 4.69) is 20.7 Å². The number of nitrogens with zero attached hydrogens (tertiary/aromatic N) is 4. The summed E-state index contributed by atoms with van der Waals surface area (Å²) in [6.07, 6.45) is 1.98. The Bertz CT molecular complexity index is 999. The number of rotatable bonds is 5. The van der Waals surface area contributed by atoms with Crippen molar-refractivity contribution in [3.8, 4) is 0 Å². The standard InChI is InChI=1S/C20H28N6O3S/c1-3-24-14-19(21-15(24)2)30(28,29)26-11-9-25(10-12-26)17-13-18(27)22-23-20(17)16-7-5-4-6-8-16/h4-8,14,17,20,23H,3,9-13H2,1-2H3,(H,22,27). The van der Waals surface area contributed by atoms with Crippen molar-refractivity contribution in [2.45, 2.75) is 43.9 Å². The number of carbonyl (C=O) groups is 1. The van der Waals surface area contributed by atoms with Gasteiger partial charge in [-0.05, 0) is 19.4 Å². The average molecular weight is 433 g/mol. The zero-order valence-corrected chi connectivity index (χ0v) is 18.1. The maximum absolute atomic E-state index is 13.0. The van der Waals surface area contributed by atoms with Gasteiger partial charge in [-0.3, -0.25) is 15.1 Å². The van der Waals surface area contributed by atoms with E-state index >= 15 is 0 Å². The van der Waals surface area contributed by atoms with E-state index in [0.29, 0.717) is 45.0 Å². The number of hydrogen-bond acceptors (Lipinski definition) is 6. The molecule has 9 nitrogen and oxygen atoms in total. The SMILES string of the molecule is CCn1cc(S(=O)(=O)N2CCN(C3CC(=O)NNC3c3ccccc3)CC2)nc1C. The van der Waals surface area contributed by atoms with Crippen molar-refractivity contribution in [3.05, 3.63) is 47.9 Å². The van der Waals surface area contributed by atoms with Crippen molar-refractivity contribution >= 4 is 15.9 Å². The van der Waals surface area contributed by atoms with Crippen molar-refractivity contribution in [1.29, 1.82) is 0 Å². The summed E-state index contributed by atoms with van der Waals surface area (Å²) in [7, 11) is -3.62. The highest BCUT2D eigenvalue weighted by Crippen LogP contribution is 2.27. The minimum Gasteiger partial charge on any atom is -0.334 e. The third-order valence-corrected chi connectivity index (χ3v) is 7.72. The minimum absolute atomic E-state index is 0.0347. The van der Waals surface area contributed by atoms with E-state index in [4.69, 9.17) is 0 Å². The van der Waals surface area contributed by atoms with Gasteiger partial charge in [0.1, 0.15) is 5.82 Å². The number of hydrazine groups is 1. The van der Waals surface area contributed by atoms with E-state index in [1.807, 2.05) is 48.7 Å². The van der Waals surface area contributed by atoms with Crippen LogP contribution in [0.1, 0.15) is 30.8 Å². The molecule has 2 atom stereocenters. The molecule has 0 spiro atoms. The van der Waals surface area contributed by atoms with Gasteiger partial charge in [-0.1, -0.05) is 30.3 Å². The molecule has 3 heterocycles. The molecule has 0 bridgehead atoms. The summed E-state index contributed by atoms with van der Waals surface area (Å²) in [6, 6.07) is 9.91. The van der Waals surface area contributed by atoms with Crippen LogP contribution in [0.3, 0.4) is 0 Å². The molecule has 1 aromatic carbocycles. The monoisotopic (exact) mass is 432 g/mol. The second-order valence-corrected chi connectivity index (χ2v) is 9.59. The van der Waals surface area contributed by atoms with Gasteiger partial charge in [0.2, 0.25) is 5.91 Å². The van der Waals surface area contributed by atoms with Gasteiger partial charge in [0.25, 0.3) is 10.0 Å². The number of nitrogens with one attached hydrogen (secondary N) is 2. The fourth-order valence-electron chi connectivity index (χ4n) is 4.25. The summed E-state index contributed by atoms with van der Waals surface area (Å²) >= 11 is 0. The summed E-state index contributed by atoms with van der Waals surface area (Å²) in [5.41, 5.74) is 6.96. The first-order valence-electron chi connectivity index (χ1n) is 10.3. The van der Waals surface area contributed by atoms with Gasteiger partial charge in [0, 0.05) is 51.4 Å². The van der Waals surface area contributed by atoms with E-state index < -0.39 is 10.0 Å². The number of carbonyl (C=O) groups excluding carboxylic acids is 1. The van der Waals surface area contributed by atoms with Crippen LogP contribution in [0.15, 0.2) is 41.6 Å². The number of piperazine rings is 1. The van der Waals surface area contributed by atoms with Crippen LogP contribution in [0.5, 0.6) is 0 Å². The summed E-state index contributed by atoms with van der Waals surface area (Å²) in [5, 5.41) is 0.108. The molecule has 0 aliphatic carbocycles. The maximum atomic E-state index is 13.0. The zero-order chi connectivity index (χ0) is 21.3. The van der Waals surface area contributed by atoms with Crippen molar-refractivity contribution in [1.82, 2.24) is 29.6 Å². The predicted octanol–water partition coefficient (Wildman–Crippen LogP) is 0.652. The zero-order valence-electron chi connectivity index (χ0n) is 17.3. The summed E-state index contributed by atoms with van der Waals surface area (Å²) in [6.45, 7) is 6.33. The lowest BCUT2D eigenvalue weighted by Crippen LogP contribution is -2.60. The Hall–Kier alpha value is -2.27.